The van der Waals surface area contributed by atoms with Crippen molar-refractivity contribution >= 4 is 29.9 Å². The van der Waals surface area contributed by atoms with Crippen LogP contribution in [0.25, 0.3) is 0 Å². The van der Waals surface area contributed by atoms with Gasteiger partial charge in [0.05, 0.1) is 26.4 Å². The highest BCUT2D eigenvalue weighted by Crippen LogP contribution is 2.18. The van der Waals surface area contributed by atoms with Crippen LogP contribution in [0.1, 0.15) is 25.0 Å². The molecule has 2 aromatic rings. The topological polar surface area (TPSA) is 83.7 Å². The van der Waals surface area contributed by atoms with Gasteiger partial charge in [-0.2, -0.15) is 5.10 Å². The first-order valence-corrected chi connectivity index (χ1v) is 8.31. The van der Waals surface area contributed by atoms with Crippen LogP contribution in [-0.2, 0) is 19.2 Å². The van der Waals surface area contributed by atoms with Crippen LogP contribution in [0.2, 0.25) is 0 Å². The second-order valence-electron chi connectivity index (χ2n) is 6.07. The molecule has 0 bridgehead atoms. The summed E-state index contributed by atoms with van der Waals surface area (Å²) in [5.41, 5.74) is 0.801. The lowest BCUT2D eigenvalue weighted by Crippen LogP contribution is -2.44. The molecule has 0 spiro atoms. The molecular formula is C18H28IN5O2. The van der Waals surface area contributed by atoms with E-state index in [0.29, 0.717) is 19.0 Å². The minimum Gasteiger partial charge on any atom is -0.497 e. The van der Waals surface area contributed by atoms with Gasteiger partial charge in [-0.1, -0.05) is 12.1 Å². The molecule has 8 heteroatoms. The summed E-state index contributed by atoms with van der Waals surface area (Å²) in [6, 6.07) is 7.80. The first-order valence-electron chi connectivity index (χ1n) is 8.31. The van der Waals surface area contributed by atoms with E-state index in [-0.39, 0.29) is 24.0 Å². The molecule has 7 nitrogen and oxygen atoms in total. The summed E-state index contributed by atoms with van der Waals surface area (Å²) >= 11 is 0. The van der Waals surface area contributed by atoms with Gasteiger partial charge in [-0.25, -0.2) is 4.99 Å². The Morgan fingerprint density at radius 1 is 1.31 bits per heavy atom. The summed E-state index contributed by atoms with van der Waals surface area (Å²) in [6.45, 7) is 5.36. The number of hydrogen-bond donors (Lipinski definition) is 3. The monoisotopic (exact) mass is 473 g/mol. The number of halogens is 1. The number of aryl methyl sites for hydroxylation is 1. The number of methoxy groups -OCH3 is 1. The number of guanidine groups is 1. The number of aliphatic imine (C=N–C) groups is 1. The molecule has 3 N–H and O–H groups in total. The summed E-state index contributed by atoms with van der Waals surface area (Å²) < 4.78 is 6.83. The van der Waals surface area contributed by atoms with Crippen molar-refractivity contribution < 1.29 is 9.84 Å². The van der Waals surface area contributed by atoms with Gasteiger partial charge in [0.2, 0.25) is 0 Å². The van der Waals surface area contributed by atoms with Crippen LogP contribution in [-0.4, -0.2) is 41.0 Å². The maximum atomic E-state index is 10.6. The Labute approximate surface area is 171 Å². The Morgan fingerprint density at radius 3 is 2.54 bits per heavy atom. The number of aliphatic hydroxyl groups is 1. The zero-order chi connectivity index (χ0) is 18.3. The average Bonchev–Trinajstić information content (AvgIpc) is 3.05. The van der Waals surface area contributed by atoms with Crippen LogP contribution in [0.4, 0.5) is 0 Å². The van der Waals surface area contributed by atoms with E-state index in [4.69, 9.17) is 4.74 Å². The van der Waals surface area contributed by atoms with E-state index in [2.05, 4.69) is 20.7 Å². The van der Waals surface area contributed by atoms with Gasteiger partial charge in [0.1, 0.15) is 11.4 Å². The predicted molar refractivity (Wildman–Crippen MR) is 114 cm³/mol. The quantitative estimate of drug-likeness (QED) is 0.326. The zero-order valence-electron chi connectivity index (χ0n) is 15.7. The number of benzene rings is 1. The van der Waals surface area contributed by atoms with Gasteiger partial charge in [0.25, 0.3) is 0 Å². The Morgan fingerprint density at radius 2 is 2.00 bits per heavy atom. The Bertz CT molecular complexity index is 698. The van der Waals surface area contributed by atoms with Crippen molar-refractivity contribution in [2.45, 2.75) is 26.0 Å². The molecule has 0 radical (unpaired) electrons. The Hall–Kier alpha value is -1.81. The van der Waals surface area contributed by atoms with Gasteiger partial charge < -0.3 is 20.5 Å². The molecule has 0 saturated carbocycles. The van der Waals surface area contributed by atoms with E-state index in [1.807, 2.05) is 44.4 Å². The standard InChI is InChI=1S/C18H27N5O2.HI/c1-5-19-17(20-10-14-6-8-16(25-4)9-7-14)21-13-18(2,24)15-11-22-23(3)12-15;/h6-9,11-12,24H,5,10,13H2,1-4H3,(H2,19,20,21);1H. The maximum Gasteiger partial charge on any atom is 0.191 e. The number of ether oxygens (including phenoxy) is 1. The molecule has 0 aliphatic heterocycles. The van der Waals surface area contributed by atoms with Crippen LogP contribution in [0.15, 0.2) is 41.7 Å². The third-order valence-electron chi connectivity index (χ3n) is 3.85. The van der Waals surface area contributed by atoms with Crippen molar-refractivity contribution in [1.82, 2.24) is 20.4 Å². The maximum absolute atomic E-state index is 10.6. The van der Waals surface area contributed by atoms with Crippen molar-refractivity contribution in [3.63, 3.8) is 0 Å². The van der Waals surface area contributed by atoms with Crippen molar-refractivity contribution in [3.8, 4) is 5.75 Å². The first-order chi connectivity index (χ1) is 11.9. The van der Waals surface area contributed by atoms with Gasteiger partial charge in [-0.15, -0.1) is 24.0 Å². The lowest BCUT2D eigenvalue weighted by molar-refractivity contribution is 0.0616. The molecule has 0 saturated heterocycles. The summed E-state index contributed by atoms with van der Waals surface area (Å²) in [5.74, 6) is 1.48. The van der Waals surface area contributed by atoms with Gasteiger partial charge in [-0.05, 0) is 31.5 Å². The van der Waals surface area contributed by atoms with Crippen molar-refractivity contribution in [1.29, 1.82) is 0 Å². The fourth-order valence-corrected chi connectivity index (χ4v) is 2.30. The highest BCUT2D eigenvalue weighted by Gasteiger charge is 2.24. The number of nitrogens with one attached hydrogen (secondary N) is 2. The summed E-state index contributed by atoms with van der Waals surface area (Å²) in [4.78, 5) is 4.56. The van der Waals surface area contributed by atoms with Crippen molar-refractivity contribution in [2.75, 3.05) is 20.2 Å². The third-order valence-corrected chi connectivity index (χ3v) is 3.85. The van der Waals surface area contributed by atoms with Crippen LogP contribution < -0.4 is 15.4 Å². The van der Waals surface area contributed by atoms with E-state index >= 15 is 0 Å². The number of hydrogen-bond acceptors (Lipinski definition) is 4. The van der Waals surface area contributed by atoms with Gasteiger partial charge in [0, 0.05) is 25.4 Å². The van der Waals surface area contributed by atoms with E-state index in [1.54, 1.807) is 24.9 Å². The second kappa shape index (κ2) is 10.4. The molecule has 1 atom stereocenters. The minimum absolute atomic E-state index is 0. The Balaban J connectivity index is 0.00000338. The largest absolute Gasteiger partial charge is 0.497 e. The molecule has 0 fully saturated rings. The average molecular weight is 473 g/mol. The predicted octanol–water partition coefficient (Wildman–Crippen LogP) is 2.01. The van der Waals surface area contributed by atoms with Crippen LogP contribution in [0.3, 0.4) is 0 Å². The first kappa shape index (κ1) is 22.2. The lowest BCUT2D eigenvalue weighted by Gasteiger charge is -2.23. The van der Waals surface area contributed by atoms with Crippen molar-refractivity contribution in [2.24, 2.45) is 12.0 Å². The highest BCUT2D eigenvalue weighted by atomic mass is 127. The molecule has 1 aromatic heterocycles. The molecule has 144 valence electrons. The molecule has 26 heavy (non-hydrogen) atoms. The fourth-order valence-electron chi connectivity index (χ4n) is 2.30. The zero-order valence-corrected chi connectivity index (χ0v) is 18.0. The number of nitrogens with zero attached hydrogens (tertiary/aromatic N) is 3. The SMILES string of the molecule is CCNC(=NCc1ccc(OC)cc1)NCC(C)(O)c1cnn(C)c1.I. The number of rotatable bonds is 7. The van der Waals surface area contributed by atoms with Gasteiger partial charge >= 0.3 is 0 Å². The molecule has 0 aliphatic rings. The van der Waals surface area contributed by atoms with Crippen LogP contribution >= 0.6 is 24.0 Å². The van der Waals surface area contributed by atoms with Gasteiger partial charge in [0.15, 0.2) is 5.96 Å². The van der Waals surface area contributed by atoms with E-state index in [9.17, 15) is 5.11 Å². The minimum atomic E-state index is -1.04. The fraction of sp³-hybridized carbons (Fsp3) is 0.444. The molecule has 0 aliphatic carbocycles. The molecule has 1 unspecified atom stereocenters. The van der Waals surface area contributed by atoms with E-state index in [1.165, 1.54) is 0 Å². The van der Waals surface area contributed by atoms with E-state index in [0.717, 1.165) is 23.4 Å². The second-order valence-corrected chi connectivity index (χ2v) is 6.07. The van der Waals surface area contributed by atoms with Gasteiger partial charge in [-0.3, -0.25) is 4.68 Å². The Kier molecular flexibility index (Phi) is 8.86. The van der Waals surface area contributed by atoms with Crippen molar-refractivity contribution in [3.05, 3.63) is 47.8 Å². The van der Waals surface area contributed by atoms with Crippen LogP contribution in [0, 0.1) is 0 Å². The molecule has 1 aromatic carbocycles. The summed E-state index contributed by atoms with van der Waals surface area (Å²) in [7, 11) is 3.47. The third kappa shape index (κ3) is 6.49. The van der Waals surface area contributed by atoms with Crippen LogP contribution in [0.5, 0.6) is 5.75 Å². The smallest absolute Gasteiger partial charge is 0.191 e. The summed E-state index contributed by atoms with van der Waals surface area (Å²) in [5, 5.41) is 21.1. The molecular weight excluding hydrogens is 445 g/mol. The normalized spacial score (nSPS) is 13.5. The summed E-state index contributed by atoms with van der Waals surface area (Å²) in [6.07, 6.45) is 3.48. The lowest BCUT2D eigenvalue weighted by atomic mass is 10.00. The van der Waals surface area contributed by atoms with E-state index < -0.39 is 5.60 Å². The number of aromatic nitrogens is 2. The molecule has 0 amide bonds. The highest BCUT2D eigenvalue weighted by molar-refractivity contribution is 14.0. The molecule has 1 heterocycles. The molecule has 2 rings (SSSR count).